The first-order valence-corrected chi connectivity index (χ1v) is 22.2. The van der Waals surface area contributed by atoms with Crippen LogP contribution < -0.4 is 4.90 Å². The quantitative estimate of drug-likeness (QED) is 0.127. The van der Waals surface area contributed by atoms with Crippen LogP contribution in [0.3, 0.4) is 0 Å². The zero-order valence-corrected chi connectivity index (χ0v) is 38.6. The molecule has 0 aliphatic carbocycles. The Morgan fingerprint density at radius 3 is 0.923 bits per heavy atom. The molecule has 7 aromatic carbocycles. The molecule has 9 rings (SSSR count). The zero-order valence-electron chi connectivity index (χ0n) is 38.6. The van der Waals surface area contributed by atoms with Crippen LogP contribution in [0, 0.1) is 62.3 Å². The van der Waals surface area contributed by atoms with Crippen molar-refractivity contribution in [3.8, 4) is 45.6 Å². The van der Waals surface area contributed by atoms with E-state index < -0.39 is 0 Å². The fourth-order valence-electron chi connectivity index (χ4n) is 9.79. The summed E-state index contributed by atoms with van der Waals surface area (Å²) >= 11 is 0. The van der Waals surface area contributed by atoms with Crippen LogP contribution in [0.4, 0.5) is 17.6 Å². The first-order chi connectivity index (χ1) is 31.4. The maximum absolute atomic E-state index is 5.36. The first kappa shape index (κ1) is 42.7. The van der Waals surface area contributed by atoms with E-state index in [-0.39, 0.29) is 5.92 Å². The Bertz CT molecular complexity index is 2840. The van der Waals surface area contributed by atoms with E-state index in [2.05, 4.69) is 97.5 Å². The van der Waals surface area contributed by atoms with Gasteiger partial charge in [0.25, 0.3) is 0 Å². The number of hydrogen-bond acceptors (Lipinski definition) is 7. The lowest BCUT2D eigenvalue weighted by Crippen LogP contribution is -2.22. The molecule has 7 heteroatoms. The molecule has 0 atom stereocenters. The van der Waals surface area contributed by atoms with Crippen LogP contribution in [0.5, 0.6) is 0 Å². The highest BCUT2D eigenvalue weighted by Gasteiger charge is 2.33. The van der Waals surface area contributed by atoms with Crippen LogP contribution in [0.1, 0.15) is 72.7 Å². The number of nitrogens with zero attached hydrogens (tertiary/aromatic N) is 7. The molecular formula is C58H53N7. The summed E-state index contributed by atoms with van der Waals surface area (Å²) in [6.07, 6.45) is 0. The molecule has 0 spiro atoms. The van der Waals surface area contributed by atoms with Crippen LogP contribution >= 0.6 is 0 Å². The van der Waals surface area contributed by atoms with E-state index in [1.165, 1.54) is 55.6 Å². The summed E-state index contributed by atoms with van der Waals surface area (Å²) in [6, 6.07) is 51.9. The third-order valence-corrected chi connectivity index (χ3v) is 12.3. The molecule has 0 amide bonds. The number of anilines is 3. The molecule has 320 valence electrons. The minimum Gasteiger partial charge on any atom is -0.246 e. The van der Waals surface area contributed by atoms with Gasteiger partial charge < -0.3 is 0 Å². The smallest absolute Gasteiger partial charge is 0.241 e. The highest BCUT2D eigenvalue weighted by atomic mass is 15.4. The molecule has 0 radical (unpaired) electrons. The van der Waals surface area contributed by atoms with Crippen LogP contribution in [0.15, 0.2) is 152 Å². The van der Waals surface area contributed by atoms with E-state index in [0.717, 1.165) is 39.1 Å². The molecule has 0 saturated heterocycles. The third kappa shape index (κ3) is 8.45. The topological polar surface area (TPSA) is 80.6 Å². The van der Waals surface area contributed by atoms with Crippen LogP contribution in [-0.4, -0.2) is 29.9 Å². The highest BCUT2D eigenvalue weighted by molar-refractivity contribution is 5.80. The lowest BCUT2D eigenvalue weighted by molar-refractivity contribution is 0.891. The molecule has 0 saturated carbocycles. The van der Waals surface area contributed by atoms with Gasteiger partial charge >= 0.3 is 0 Å². The van der Waals surface area contributed by atoms with Crippen LogP contribution in [0.25, 0.3) is 45.6 Å². The summed E-state index contributed by atoms with van der Waals surface area (Å²) < 4.78 is 0. The number of aromatic nitrogens is 6. The predicted octanol–water partition coefficient (Wildman–Crippen LogP) is 14.2. The molecular weight excluding hydrogens is 795 g/mol. The van der Waals surface area contributed by atoms with Crippen molar-refractivity contribution in [2.75, 3.05) is 4.90 Å². The second-order valence-corrected chi connectivity index (χ2v) is 17.3. The first-order valence-electron chi connectivity index (χ1n) is 22.2. The number of aryl methyl sites for hydroxylation is 8. The van der Waals surface area contributed by atoms with Gasteiger partial charge in [-0.2, -0.15) is 19.9 Å². The molecule has 0 N–H and O–H groups in total. The Labute approximate surface area is 383 Å². The van der Waals surface area contributed by atoms with E-state index in [0.29, 0.717) is 35.2 Å². The van der Waals surface area contributed by atoms with Crippen molar-refractivity contribution in [2.24, 2.45) is 0 Å². The standard InChI is InChI=1S/C58H53N7/c1-35-30-37(3)48(38(4)31-35)51(49-39(5)32-36(2)33-40(49)6)50-41(7)34-42(8)52(43(50)9)65(57-61-53(44-22-14-10-15-23-44)59-54(62-57)45-24-16-11-17-25-45)58-63-55(46-26-18-12-19-27-46)60-56(64-58)47-28-20-13-21-29-47/h10-34,51H,1-9H3. The fraction of sp³-hybridized carbons (Fsp3) is 0.172. The Kier molecular flexibility index (Phi) is 11.7. The van der Waals surface area contributed by atoms with Crippen molar-refractivity contribution < 1.29 is 0 Å². The van der Waals surface area contributed by atoms with Crippen molar-refractivity contribution in [1.29, 1.82) is 0 Å². The van der Waals surface area contributed by atoms with Gasteiger partial charge in [0.2, 0.25) is 11.9 Å². The zero-order chi connectivity index (χ0) is 45.4. The molecule has 65 heavy (non-hydrogen) atoms. The lowest BCUT2D eigenvalue weighted by atomic mass is 9.74. The van der Waals surface area contributed by atoms with Gasteiger partial charge in [-0.05, 0) is 118 Å². The van der Waals surface area contributed by atoms with Crippen molar-refractivity contribution in [3.05, 3.63) is 218 Å². The fourth-order valence-corrected chi connectivity index (χ4v) is 9.79. The van der Waals surface area contributed by atoms with Gasteiger partial charge in [0.05, 0.1) is 5.69 Å². The van der Waals surface area contributed by atoms with Crippen molar-refractivity contribution in [1.82, 2.24) is 29.9 Å². The van der Waals surface area contributed by atoms with Crippen molar-refractivity contribution in [3.63, 3.8) is 0 Å². The van der Waals surface area contributed by atoms with Gasteiger partial charge in [0.1, 0.15) is 0 Å². The lowest BCUT2D eigenvalue weighted by Gasteiger charge is -2.33. The normalized spacial score (nSPS) is 11.3. The van der Waals surface area contributed by atoms with E-state index in [1.807, 2.05) is 121 Å². The summed E-state index contributed by atoms with van der Waals surface area (Å²) in [5.74, 6) is 2.85. The van der Waals surface area contributed by atoms with E-state index >= 15 is 0 Å². The van der Waals surface area contributed by atoms with Crippen LogP contribution in [-0.2, 0) is 0 Å². The summed E-state index contributed by atoms with van der Waals surface area (Å²) in [6.45, 7) is 20.1. The highest BCUT2D eigenvalue weighted by Crippen LogP contribution is 2.47. The van der Waals surface area contributed by atoms with Gasteiger partial charge in [-0.3, -0.25) is 0 Å². The van der Waals surface area contributed by atoms with Gasteiger partial charge in [-0.1, -0.05) is 163 Å². The van der Waals surface area contributed by atoms with E-state index in [4.69, 9.17) is 29.9 Å². The van der Waals surface area contributed by atoms with E-state index in [1.54, 1.807) is 0 Å². The molecule has 0 bridgehead atoms. The Morgan fingerprint density at radius 1 is 0.323 bits per heavy atom. The molecule has 0 aliphatic heterocycles. The summed E-state index contributed by atoms with van der Waals surface area (Å²) in [7, 11) is 0. The summed E-state index contributed by atoms with van der Waals surface area (Å²) in [5, 5.41) is 0. The Hall–Kier alpha value is -7.64. The van der Waals surface area contributed by atoms with Gasteiger partial charge in [0, 0.05) is 28.2 Å². The van der Waals surface area contributed by atoms with Gasteiger partial charge in [-0.15, -0.1) is 0 Å². The second-order valence-electron chi connectivity index (χ2n) is 17.3. The monoisotopic (exact) mass is 847 g/mol. The average Bonchev–Trinajstić information content (AvgIpc) is 3.30. The Morgan fingerprint density at radius 2 is 0.615 bits per heavy atom. The molecule has 0 unspecified atom stereocenters. The van der Waals surface area contributed by atoms with E-state index in [9.17, 15) is 0 Å². The average molecular weight is 848 g/mol. The maximum Gasteiger partial charge on any atom is 0.241 e. The minimum absolute atomic E-state index is 0.0892. The molecule has 2 aromatic heterocycles. The van der Waals surface area contributed by atoms with Crippen molar-refractivity contribution in [2.45, 2.75) is 68.2 Å². The second kappa shape index (κ2) is 17.9. The third-order valence-electron chi connectivity index (χ3n) is 12.3. The van der Waals surface area contributed by atoms with Gasteiger partial charge in [-0.25, -0.2) is 14.9 Å². The molecule has 9 aromatic rings. The summed E-state index contributed by atoms with van der Waals surface area (Å²) in [4.78, 5) is 33.7. The minimum atomic E-state index is -0.0892. The van der Waals surface area contributed by atoms with Crippen LogP contribution in [0.2, 0.25) is 0 Å². The molecule has 2 heterocycles. The SMILES string of the molecule is Cc1cc(C)c(C(c2c(C)cc(C)cc2C)c2c(C)cc(C)c(N(c3nc(-c4ccccc4)nc(-c4ccccc4)n3)c3nc(-c4ccccc4)nc(-c4ccccc4)n3)c2C)c(C)c1. The molecule has 0 fully saturated rings. The number of rotatable bonds is 10. The molecule has 7 nitrogen and oxygen atoms in total. The summed E-state index contributed by atoms with van der Waals surface area (Å²) in [5.41, 5.74) is 19.1. The largest absolute Gasteiger partial charge is 0.246 e. The number of benzene rings is 7. The van der Waals surface area contributed by atoms with Gasteiger partial charge in [0.15, 0.2) is 23.3 Å². The Balaban J connectivity index is 1.41. The maximum atomic E-state index is 5.36. The van der Waals surface area contributed by atoms with Crippen molar-refractivity contribution >= 4 is 17.6 Å². The predicted molar refractivity (Wildman–Crippen MR) is 266 cm³/mol. The molecule has 0 aliphatic rings. The number of hydrogen-bond donors (Lipinski definition) is 0.